The van der Waals surface area contributed by atoms with Gasteiger partial charge in [-0.3, -0.25) is 0 Å². The van der Waals surface area contributed by atoms with E-state index in [-0.39, 0.29) is 0 Å². The smallest absolute Gasteiger partial charge is 0.165 e. The van der Waals surface area contributed by atoms with Crippen LogP contribution in [0.25, 0.3) is 77.0 Å². The molecule has 208 valence electrons. The lowest BCUT2D eigenvalue weighted by Gasteiger charge is -2.13. The molecule has 4 nitrogen and oxygen atoms in total. The summed E-state index contributed by atoms with van der Waals surface area (Å²) in [5, 5.41) is 3.82. The summed E-state index contributed by atoms with van der Waals surface area (Å²) in [5.41, 5.74) is 8.02. The number of hydrogen-bond donors (Lipinski definition) is 0. The van der Waals surface area contributed by atoms with Gasteiger partial charge in [0.2, 0.25) is 0 Å². The van der Waals surface area contributed by atoms with E-state index >= 15 is 0 Å². The fourth-order valence-corrected chi connectivity index (χ4v) is 7.70. The van der Waals surface area contributed by atoms with Crippen molar-refractivity contribution >= 4 is 48.5 Å². The van der Waals surface area contributed by atoms with Crippen molar-refractivity contribution in [3.8, 4) is 39.9 Å². The van der Waals surface area contributed by atoms with Crippen LogP contribution in [-0.2, 0) is 6.42 Å². The van der Waals surface area contributed by atoms with E-state index in [1.165, 1.54) is 42.3 Å². The number of aromatic nitrogens is 4. The number of hydrogen-bond acceptors (Lipinski definition) is 4. The van der Waals surface area contributed by atoms with E-state index in [9.17, 15) is 0 Å². The monoisotopic (exact) mass is 582 g/mol. The Kier molecular flexibility index (Phi) is 5.78. The number of benzene rings is 5. The molecule has 0 amide bonds. The molecule has 0 aliphatic heterocycles. The van der Waals surface area contributed by atoms with Gasteiger partial charge in [-0.15, -0.1) is 11.3 Å². The molecule has 1 aliphatic rings. The van der Waals surface area contributed by atoms with E-state index < -0.39 is 0 Å². The van der Waals surface area contributed by atoms with Gasteiger partial charge in [0.25, 0.3) is 0 Å². The van der Waals surface area contributed by atoms with Crippen LogP contribution in [0.4, 0.5) is 0 Å². The second-order valence-corrected chi connectivity index (χ2v) is 12.2. The van der Waals surface area contributed by atoms with E-state index in [2.05, 4.69) is 120 Å². The average molecular weight is 583 g/mol. The maximum Gasteiger partial charge on any atom is 0.165 e. The summed E-state index contributed by atoms with van der Waals surface area (Å²) >= 11 is 1.79. The largest absolute Gasteiger partial charge is 0.310 e. The molecular formula is C39H26N4S. The van der Waals surface area contributed by atoms with E-state index in [1.807, 2.05) is 18.2 Å². The first-order chi connectivity index (χ1) is 21.8. The minimum atomic E-state index is 0.665. The molecule has 5 aromatic carbocycles. The van der Waals surface area contributed by atoms with Crippen LogP contribution < -0.4 is 0 Å². The van der Waals surface area contributed by atoms with Crippen LogP contribution >= 0.6 is 11.3 Å². The molecule has 0 bridgehead atoms. The molecule has 0 unspecified atom stereocenters. The zero-order chi connectivity index (χ0) is 29.0. The third-order valence-electron chi connectivity index (χ3n) is 8.55. The zero-order valence-corrected chi connectivity index (χ0v) is 24.6. The summed E-state index contributed by atoms with van der Waals surface area (Å²) in [4.78, 5) is 15.1. The first kappa shape index (κ1) is 25.1. The van der Waals surface area contributed by atoms with Crippen LogP contribution in [0.3, 0.4) is 0 Å². The molecule has 1 aliphatic carbocycles. The summed E-state index contributed by atoms with van der Waals surface area (Å²) in [6.07, 6.45) is 6.70. The first-order valence-electron chi connectivity index (χ1n) is 14.9. The summed E-state index contributed by atoms with van der Waals surface area (Å²) in [7, 11) is 0. The topological polar surface area (TPSA) is 43.6 Å². The van der Waals surface area contributed by atoms with Gasteiger partial charge in [-0.2, -0.15) is 0 Å². The van der Waals surface area contributed by atoms with Gasteiger partial charge in [-0.1, -0.05) is 84.9 Å². The number of thiophene rings is 1. The molecule has 0 spiro atoms. The Balaban J connectivity index is 1.21. The molecule has 0 radical (unpaired) electrons. The predicted molar refractivity (Wildman–Crippen MR) is 183 cm³/mol. The van der Waals surface area contributed by atoms with Crippen molar-refractivity contribution in [1.29, 1.82) is 0 Å². The number of allylic oxidation sites excluding steroid dienone is 1. The minimum absolute atomic E-state index is 0.665. The standard InChI is InChI=1S/C39H26N4S/c1-2-11-25(12-3-1)37-40-38(42-39(41-37)32-17-10-16-31-30-15-6-9-20-35(30)44-36(31)32)26-21-23-27(24-22-26)43-33-18-7-4-13-28(33)29-14-5-8-19-34(29)43/h1-4,6-13,15-24H,5,14H2. The molecule has 0 saturated carbocycles. The summed E-state index contributed by atoms with van der Waals surface area (Å²) in [5.74, 6) is 2.02. The van der Waals surface area contributed by atoms with Crippen LogP contribution in [0.5, 0.6) is 0 Å². The molecule has 0 atom stereocenters. The highest BCUT2D eigenvalue weighted by atomic mass is 32.1. The van der Waals surface area contributed by atoms with Gasteiger partial charge in [0.15, 0.2) is 17.5 Å². The SMILES string of the molecule is C1=Cc2c(c3ccccc3n2-c2ccc(-c3nc(-c4ccccc4)nc(-c4cccc5c4sc4ccccc45)n3)cc2)CC1. The number of aryl methyl sites for hydroxylation is 1. The van der Waals surface area contributed by atoms with E-state index in [0.717, 1.165) is 35.2 Å². The highest BCUT2D eigenvalue weighted by molar-refractivity contribution is 7.26. The fourth-order valence-electron chi connectivity index (χ4n) is 6.49. The van der Waals surface area contributed by atoms with Gasteiger partial charge in [0.1, 0.15) is 0 Å². The number of fused-ring (bicyclic) bond motifs is 6. The lowest BCUT2D eigenvalue weighted by molar-refractivity contribution is 0.967. The highest BCUT2D eigenvalue weighted by Gasteiger charge is 2.19. The normalized spacial score (nSPS) is 12.7. The van der Waals surface area contributed by atoms with Gasteiger partial charge >= 0.3 is 0 Å². The van der Waals surface area contributed by atoms with E-state index in [1.54, 1.807) is 11.3 Å². The Hall–Kier alpha value is -5.39. The summed E-state index contributed by atoms with van der Waals surface area (Å²) in [6, 6.07) is 42.5. The third-order valence-corrected chi connectivity index (χ3v) is 9.77. The quantitative estimate of drug-likeness (QED) is 0.207. The van der Waals surface area contributed by atoms with Crippen molar-refractivity contribution in [2.75, 3.05) is 0 Å². The molecular weight excluding hydrogens is 557 g/mol. The molecule has 9 rings (SSSR count). The second kappa shape index (κ2) is 10.1. The Morgan fingerprint density at radius 3 is 2.09 bits per heavy atom. The maximum atomic E-state index is 5.10. The van der Waals surface area contributed by atoms with Crippen LogP contribution in [0, 0.1) is 0 Å². The van der Waals surface area contributed by atoms with Crippen molar-refractivity contribution in [3.63, 3.8) is 0 Å². The van der Waals surface area contributed by atoms with Crippen molar-refractivity contribution in [2.24, 2.45) is 0 Å². The third kappa shape index (κ3) is 4.01. The van der Waals surface area contributed by atoms with E-state index in [0.29, 0.717) is 17.5 Å². The summed E-state index contributed by atoms with van der Waals surface area (Å²) in [6.45, 7) is 0. The van der Waals surface area contributed by atoms with Gasteiger partial charge in [0, 0.05) is 53.6 Å². The Morgan fingerprint density at radius 2 is 1.25 bits per heavy atom. The molecule has 8 aromatic rings. The van der Waals surface area contributed by atoms with Gasteiger partial charge in [-0.05, 0) is 66.9 Å². The maximum absolute atomic E-state index is 5.10. The lowest BCUT2D eigenvalue weighted by Crippen LogP contribution is -2.02. The molecule has 0 fully saturated rings. The van der Waals surface area contributed by atoms with Crippen molar-refractivity contribution in [3.05, 3.63) is 139 Å². The molecule has 44 heavy (non-hydrogen) atoms. The Morgan fingerprint density at radius 1 is 0.568 bits per heavy atom. The number of para-hydroxylation sites is 1. The van der Waals surface area contributed by atoms with Gasteiger partial charge in [-0.25, -0.2) is 15.0 Å². The number of nitrogens with zero attached hydrogens (tertiary/aromatic N) is 4. The van der Waals surface area contributed by atoms with Gasteiger partial charge in [0.05, 0.1) is 5.52 Å². The highest BCUT2D eigenvalue weighted by Crippen LogP contribution is 2.40. The molecule has 0 N–H and O–H groups in total. The lowest BCUT2D eigenvalue weighted by atomic mass is 10.0. The summed E-state index contributed by atoms with van der Waals surface area (Å²) < 4.78 is 4.83. The van der Waals surface area contributed by atoms with Crippen LogP contribution in [0.15, 0.2) is 127 Å². The Labute approximate surface area is 258 Å². The van der Waals surface area contributed by atoms with Crippen molar-refractivity contribution < 1.29 is 0 Å². The van der Waals surface area contributed by atoms with E-state index in [4.69, 9.17) is 15.0 Å². The Bertz CT molecular complexity index is 2380. The van der Waals surface area contributed by atoms with Crippen molar-refractivity contribution in [1.82, 2.24) is 19.5 Å². The number of rotatable bonds is 4. The second-order valence-electron chi connectivity index (χ2n) is 11.2. The van der Waals surface area contributed by atoms with Crippen molar-refractivity contribution in [2.45, 2.75) is 12.8 Å². The molecule has 0 saturated heterocycles. The van der Waals surface area contributed by atoms with Crippen LogP contribution in [0.1, 0.15) is 17.7 Å². The predicted octanol–water partition coefficient (Wildman–Crippen LogP) is 10.1. The molecule has 3 aromatic heterocycles. The molecule has 5 heteroatoms. The molecule has 3 heterocycles. The van der Waals surface area contributed by atoms with Crippen LogP contribution in [-0.4, -0.2) is 19.5 Å². The minimum Gasteiger partial charge on any atom is -0.310 e. The average Bonchev–Trinajstić information content (AvgIpc) is 3.65. The van der Waals surface area contributed by atoms with Crippen LogP contribution in [0.2, 0.25) is 0 Å². The zero-order valence-electron chi connectivity index (χ0n) is 23.8. The first-order valence-corrected chi connectivity index (χ1v) is 15.8. The van der Waals surface area contributed by atoms with Gasteiger partial charge < -0.3 is 4.57 Å². The fraction of sp³-hybridized carbons (Fsp3) is 0.0513.